The van der Waals surface area contributed by atoms with Crippen molar-refractivity contribution in [3.63, 3.8) is 0 Å². The van der Waals surface area contributed by atoms with E-state index in [1.165, 1.54) is 0 Å². The van der Waals surface area contributed by atoms with Crippen LogP contribution < -0.4 is 9.88 Å². The molecule has 31 heavy (non-hydrogen) atoms. The molecule has 2 heterocycles. The molecule has 3 unspecified atom stereocenters. The van der Waals surface area contributed by atoms with Crippen molar-refractivity contribution in [1.29, 1.82) is 10.5 Å². The smallest absolute Gasteiger partial charge is 0.290 e. The number of nitriles is 2. The first-order valence-corrected chi connectivity index (χ1v) is 11.2. The van der Waals surface area contributed by atoms with E-state index >= 15 is 0 Å². The van der Waals surface area contributed by atoms with Crippen molar-refractivity contribution in [2.45, 2.75) is 18.0 Å². The van der Waals surface area contributed by atoms with Gasteiger partial charge in [0, 0.05) is 21.1 Å². The minimum atomic E-state index is -1.54. The van der Waals surface area contributed by atoms with Gasteiger partial charge in [-0.3, -0.25) is 4.79 Å². The molecule has 4 rings (SSSR count). The third-order valence-corrected chi connectivity index (χ3v) is 6.62. The zero-order valence-corrected chi connectivity index (χ0v) is 19.4. The van der Waals surface area contributed by atoms with Gasteiger partial charge < -0.3 is 5.32 Å². The summed E-state index contributed by atoms with van der Waals surface area (Å²) in [5, 5.41) is 23.9. The van der Waals surface area contributed by atoms with Gasteiger partial charge in [0.2, 0.25) is 6.04 Å². The Morgan fingerprint density at radius 1 is 0.871 bits per heavy atom. The minimum absolute atomic E-state index is 0.243. The lowest BCUT2D eigenvalue weighted by Crippen LogP contribution is -2.61. The van der Waals surface area contributed by atoms with Gasteiger partial charge in [0.15, 0.2) is 17.8 Å². The SMILES string of the molecule is N#CC1(C#N)C(c2cccc(Br)c2)NC(=O)C([n+]2ccccc2)C1c1cccc(Br)c1. The van der Waals surface area contributed by atoms with Gasteiger partial charge in [-0.25, -0.2) is 0 Å². The Morgan fingerprint density at radius 2 is 1.45 bits per heavy atom. The largest absolute Gasteiger partial charge is 0.341 e. The van der Waals surface area contributed by atoms with Crippen LogP contribution in [0.3, 0.4) is 0 Å². The Bertz CT molecular complexity index is 1200. The fraction of sp³-hybridized carbons (Fsp3) is 0.167. The molecule has 0 radical (unpaired) electrons. The van der Waals surface area contributed by atoms with Crippen LogP contribution in [0.15, 0.2) is 88.1 Å². The van der Waals surface area contributed by atoms with Crippen molar-refractivity contribution >= 4 is 37.8 Å². The second kappa shape index (κ2) is 8.63. The number of pyridine rings is 1. The Hall–Kier alpha value is -3.00. The number of hydrogen-bond donors (Lipinski definition) is 1. The number of halogens is 2. The molecule has 1 N–H and O–H groups in total. The van der Waals surface area contributed by atoms with E-state index in [1.807, 2.05) is 66.7 Å². The van der Waals surface area contributed by atoms with E-state index in [0.717, 1.165) is 14.5 Å². The van der Waals surface area contributed by atoms with Gasteiger partial charge in [0.05, 0.1) is 24.1 Å². The van der Waals surface area contributed by atoms with Crippen molar-refractivity contribution < 1.29 is 9.36 Å². The van der Waals surface area contributed by atoms with Crippen LogP contribution in [0.2, 0.25) is 0 Å². The second-order valence-corrected chi connectivity index (χ2v) is 9.22. The maximum Gasteiger partial charge on any atom is 0.290 e. The van der Waals surface area contributed by atoms with Crippen LogP contribution in [0.25, 0.3) is 0 Å². The summed E-state index contributed by atoms with van der Waals surface area (Å²) < 4.78 is 3.39. The molecule has 0 spiro atoms. The number of carbonyl (C=O) groups excluding carboxylic acids is 1. The average Bonchev–Trinajstić information content (AvgIpc) is 2.79. The number of piperidine rings is 1. The molecule has 5 nitrogen and oxygen atoms in total. The van der Waals surface area contributed by atoms with E-state index < -0.39 is 23.4 Å². The van der Waals surface area contributed by atoms with Gasteiger partial charge in [-0.1, -0.05) is 62.2 Å². The molecule has 0 aliphatic carbocycles. The van der Waals surface area contributed by atoms with Crippen molar-refractivity contribution in [3.8, 4) is 12.1 Å². The highest BCUT2D eigenvalue weighted by Crippen LogP contribution is 2.52. The summed E-state index contributed by atoms with van der Waals surface area (Å²) in [6.45, 7) is 0. The topological polar surface area (TPSA) is 80.6 Å². The minimum Gasteiger partial charge on any atom is -0.341 e. The highest BCUT2D eigenvalue weighted by molar-refractivity contribution is 9.10. The molecule has 152 valence electrons. The van der Waals surface area contributed by atoms with Crippen molar-refractivity contribution in [2.24, 2.45) is 5.41 Å². The van der Waals surface area contributed by atoms with Gasteiger partial charge in [-0.15, -0.1) is 0 Å². The maximum absolute atomic E-state index is 13.5. The molecule has 7 heteroatoms. The summed E-state index contributed by atoms with van der Waals surface area (Å²) in [6.07, 6.45) is 3.57. The van der Waals surface area contributed by atoms with Gasteiger partial charge in [-0.05, 0) is 35.4 Å². The van der Waals surface area contributed by atoms with Crippen LogP contribution >= 0.6 is 31.9 Å². The number of benzene rings is 2. The molecule has 1 aliphatic heterocycles. The van der Waals surface area contributed by atoms with E-state index in [0.29, 0.717) is 5.56 Å². The molecule has 1 saturated heterocycles. The van der Waals surface area contributed by atoms with Crippen molar-refractivity contribution in [3.05, 3.63) is 99.2 Å². The highest BCUT2D eigenvalue weighted by atomic mass is 79.9. The number of carbonyl (C=O) groups is 1. The van der Waals surface area contributed by atoms with Crippen LogP contribution in [0.1, 0.15) is 29.1 Å². The third-order valence-electron chi connectivity index (χ3n) is 5.64. The first-order valence-electron chi connectivity index (χ1n) is 9.60. The quantitative estimate of drug-likeness (QED) is 0.491. The van der Waals surface area contributed by atoms with E-state index in [9.17, 15) is 15.3 Å². The lowest BCUT2D eigenvalue weighted by Gasteiger charge is -2.42. The maximum atomic E-state index is 13.5. The molecule has 1 fully saturated rings. The van der Waals surface area contributed by atoms with Gasteiger partial charge in [0.1, 0.15) is 0 Å². The zero-order valence-electron chi connectivity index (χ0n) is 16.2. The van der Waals surface area contributed by atoms with Crippen LogP contribution in [0, 0.1) is 28.1 Å². The van der Waals surface area contributed by atoms with Gasteiger partial charge in [0.25, 0.3) is 5.91 Å². The molecule has 1 amide bonds. The average molecular weight is 537 g/mol. The number of nitrogens with zero attached hydrogens (tertiary/aromatic N) is 3. The lowest BCUT2D eigenvalue weighted by atomic mass is 9.62. The number of amides is 1. The van der Waals surface area contributed by atoms with Crippen LogP contribution in [-0.2, 0) is 4.79 Å². The van der Waals surface area contributed by atoms with Crippen LogP contribution in [0.5, 0.6) is 0 Å². The molecular formula is C24H17Br2N4O+. The van der Waals surface area contributed by atoms with Crippen molar-refractivity contribution in [2.75, 3.05) is 0 Å². The second-order valence-electron chi connectivity index (χ2n) is 7.39. The summed E-state index contributed by atoms with van der Waals surface area (Å²) in [7, 11) is 0. The third kappa shape index (κ3) is 3.76. The molecule has 1 aromatic heterocycles. The Labute approximate surface area is 197 Å². The Morgan fingerprint density at radius 3 is 2.03 bits per heavy atom. The van der Waals surface area contributed by atoms with Crippen LogP contribution in [-0.4, -0.2) is 5.91 Å². The van der Waals surface area contributed by atoms with Gasteiger partial charge >= 0.3 is 0 Å². The first kappa shape index (κ1) is 21.2. The number of aromatic nitrogens is 1. The monoisotopic (exact) mass is 535 g/mol. The normalized spacial score (nSPS) is 22.1. The molecule has 0 saturated carbocycles. The standard InChI is InChI=1S/C24H16Br2N4O/c25-18-8-4-6-16(12-18)20-21(30-10-2-1-3-11-30)23(31)29-22(24(20,14-27)15-28)17-7-5-9-19(26)13-17/h1-13,20-22H/p+1. The predicted molar refractivity (Wildman–Crippen MR) is 121 cm³/mol. The molecular weight excluding hydrogens is 520 g/mol. The number of nitrogens with one attached hydrogen (secondary N) is 1. The van der Waals surface area contributed by atoms with Crippen LogP contribution in [0.4, 0.5) is 0 Å². The summed E-state index contributed by atoms with van der Waals surface area (Å²) in [4.78, 5) is 13.5. The highest BCUT2D eigenvalue weighted by Gasteiger charge is 2.61. The molecule has 0 bridgehead atoms. The Balaban J connectivity index is 1.99. The fourth-order valence-corrected chi connectivity index (χ4v) is 5.13. The fourth-order valence-electron chi connectivity index (χ4n) is 4.30. The lowest BCUT2D eigenvalue weighted by molar-refractivity contribution is -0.714. The number of hydrogen-bond acceptors (Lipinski definition) is 3. The predicted octanol–water partition coefficient (Wildman–Crippen LogP) is 4.73. The van der Waals surface area contributed by atoms with E-state index in [1.54, 1.807) is 17.0 Å². The van der Waals surface area contributed by atoms with E-state index in [4.69, 9.17) is 0 Å². The summed E-state index contributed by atoms with van der Waals surface area (Å²) in [5.74, 6) is -0.947. The van der Waals surface area contributed by atoms with Crippen molar-refractivity contribution in [1.82, 2.24) is 5.32 Å². The number of rotatable bonds is 3. The molecule has 1 aliphatic rings. The summed E-state index contributed by atoms with van der Waals surface area (Å²) >= 11 is 6.95. The molecule has 3 atom stereocenters. The Kier molecular flexibility index (Phi) is 5.91. The van der Waals surface area contributed by atoms with E-state index in [2.05, 4.69) is 49.3 Å². The molecule has 3 aromatic rings. The summed E-state index contributed by atoms with van der Waals surface area (Å²) in [5.41, 5.74) is -0.0979. The van der Waals surface area contributed by atoms with E-state index in [-0.39, 0.29) is 5.91 Å². The first-order chi connectivity index (χ1) is 15.0. The molecule has 2 aromatic carbocycles. The van der Waals surface area contributed by atoms with Gasteiger partial charge in [-0.2, -0.15) is 15.1 Å². The zero-order chi connectivity index (χ0) is 22.0. The summed E-state index contributed by atoms with van der Waals surface area (Å²) in [6, 6.07) is 23.4.